The summed E-state index contributed by atoms with van der Waals surface area (Å²) in [5, 5.41) is 3.22. The summed E-state index contributed by atoms with van der Waals surface area (Å²) in [5.74, 6) is 0.804. The Bertz CT molecular complexity index is 377. The van der Waals surface area contributed by atoms with Gasteiger partial charge in [0.15, 0.2) is 0 Å². The molecule has 0 saturated heterocycles. The van der Waals surface area contributed by atoms with E-state index in [0.717, 1.165) is 24.4 Å². The van der Waals surface area contributed by atoms with Gasteiger partial charge in [0.05, 0.1) is 0 Å². The van der Waals surface area contributed by atoms with E-state index in [1.807, 2.05) is 19.2 Å². The van der Waals surface area contributed by atoms with Crippen LogP contribution in [0.5, 0.6) is 0 Å². The van der Waals surface area contributed by atoms with Crippen molar-refractivity contribution in [1.29, 1.82) is 0 Å². The van der Waals surface area contributed by atoms with Gasteiger partial charge in [-0.1, -0.05) is 18.2 Å². The molecule has 0 spiro atoms. The van der Waals surface area contributed by atoms with E-state index in [-0.39, 0.29) is 11.9 Å². The first-order chi connectivity index (χ1) is 8.70. The third kappa shape index (κ3) is 3.79. The Morgan fingerprint density at radius 1 is 1.39 bits per heavy atom. The van der Waals surface area contributed by atoms with Crippen LogP contribution in [-0.2, 0) is 0 Å². The Kier molecular flexibility index (Phi) is 4.72. The third-order valence-electron chi connectivity index (χ3n) is 3.70. The lowest BCUT2D eigenvalue weighted by molar-refractivity contribution is 0.298. The molecule has 1 fully saturated rings. The minimum Gasteiger partial charge on any atom is -0.313 e. The van der Waals surface area contributed by atoms with Crippen LogP contribution in [0.2, 0.25) is 0 Å². The molecule has 1 aliphatic rings. The molecule has 1 N–H and O–H groups in total. The van der Waals surface area contributed by atoms with Gasteiger partial charge in [-0.3, -0.25) is 0 Å². The zero-order valence-electron chi connectivity index (χ0n) is 11.3. The third-order valence-corrected chi connectivity index (χ3v) is 3.70. The van der Waals surface area contributed by atoms with Gasteiger partial charge in [0.25, 0.3) is 0 Å². The second kappa shape index (κ2) is 6.30. The lowest BCUT2D eigenvalue weighted by Gasteiger charge is -2.22. The highest BCUT2D eigenvalue weighted by Crippen LogP contribution is 2.29. The fourth-order valence-corrected chi connectivity index (χ4v) is 2.40. The standard InChI is InChI=1S/C15H23FN2/c1-17-15(13-5-3-4-6-14(13)16)9-10-18(2)11-12-7-8-12/h3-6,12,15,17H,7-11H2,1-2H3. The number of hydrogen-bond donors (Lipinski definition) is 1. The molecule has 0 radical (unpaired) electrons. The highest BCUT2D eigenvalue weighted by atomic mass is 19.1. The second-order valence-corrected chi connectivity index (χ2v) is 5.36. The molecule has 100 valence electrons. The van der Waals surface area contributed by atoms with Crippen LogP contribution < -0.4 is 5.32 Å². The first-order valence-corrected chi connectivity index (χ1v) is 6.81. The van der Waals surface area contributed by atoms with Gasteiger partial charge in [-0.05, 0) is 51.9 Å². The van der Waals surface area contributed by atoms with Crippen LogP contribution in [0.4, 0.5) is 4.39 Å². The van der Waals surface area contributed by atoms with Crippen molar-refractivity contribution in [2.45, 2.75) is 25.3 Å². The van der Waals surface area contributed by atoms with Crippen molar-refractivity contribution in [3.63, 3.8) is 0 Å². The predicted molar refractivity (Wildman–Crippen MR) is 73.0 cm³/mol. The average molecular weight is 250 g/mol. The topological polar surface area (TPSA) is 15.3 Å². The van der Waals surface area contributed by atoms with Crippen LogP contribution in [0.1, 0.15) is 30.9 Å². The molecule has 1 aliphatic carbocycles. The first kappa shape index (κ1) is 13.5. The number of rotatable bonds is 7. The predicted octanol–water partition coefficient (Wildman–Crippen LogP) is 2.82. The molecular formula is C15H23FN2. The molecule has 0 bridgehead atoms. The lowest BCUT2D eigenvalue weighted by atomic mass is 10.0. The average Bonchev–Trinajstić information content (AvgIpc) is 3.16. The van der Waals surface area contributed by atoms with Crippen molar-refractivity contribution >= 4 is 0 Å². The minimum atomic E-state index is -0.110. The van der Waals surface area contributed by atoms with Crippen molar-refractivity contribution < 1.29 is 4.39 Å². The summed E-state index contributed by atoms with van der Waals surface area (Å²) >= 11 is 0. The molecule has 0 amide bonds. The Balaban J connectivity index is 1.86. The Labute approximate surface area is 109 Å². The normalized spacial score (nSPS) is 17.1. The molecule has 0 aromatic heterocycles. The van der Waals surface area contributed by atoms with E-state index in [1.54, 1.807) is 6.07 Å². The van der Waals surface area contributed by atoms with Gasteiger partial charge in [0.2, 0.25) is 0 Å². The summed E-state index contributed by atoms with van der Waals surface area (Å²) in [7, 11) is 4.06. The molecule has 18 heavy (non-hydrogen) atoms. The summed E-state index contributed by atoms with van der Waals surface area (Å²) in [4.78, 5) is 2.36. The monoisotopic (exact) mass is 250 g/mol. The number of nitrogens with one attached hydrogen (secondary N) is 1. The van der Waals surface area contributed by atoms with Crippen LogP contribution in [0, 0.1) is 11.7 Å². The molecule has 0 heterocycles. The van der Waals surface area contributed by atoms with Gasteiger partial charge < -0.3 is 10.2 Å². The quantitative estimate of drug-likeness (QED) is 0.800. The van der Waals surface area contributed by atoms with E-state index in [0.29, 0.717) is 0 Å². The van der Waals surface area contributed by atoms with Crippen molar-refractivity contribution in [2.75, 3.05) is 27.2 Å². The Morgan fingerprint density at radius 2 is 2.11 bits per heavy atom. The molecular weight excluding hydrogens is 227 g/mol. The van der Waals surface area contributed by atoms with Crippen LogP contribution in [0.15, 0.2) is 24.3 Å². The smallest absolute Gasteiger partial charge is 0.127 e. The van der Waals surface area contributed by atoms with Crippen molar-refractivity contribution in [1.82, 2.24) is 10.2 Å². The maximum atomic E-state index is 13.7. The Morgan fingerprint density at radius 3 is 2.72 bits per heavy atom. The van der Waals surface area contributed by atoms with Crippen molar-refractivity contribution in [3.05, 3.63) is 35.6 Å². The van der Waals surface area contributed by atoms with Gasteiger partial charge in [0.1, 0.15) is 5.82 Å². The first-order valence-electron chi connectivity index (χ1n) is 6.81. The Hall–Kier alpha value is -0.930. The highest BCUT2D eigenvalue weighted by Gasteiger charge is 2.23. The SMILES string of the molecule is CNC(CCN(C)CC1CC1)c1ccccc1F. The van der Waals surface area contributed by atoms with Crippen LogP contribution >= 0.6 is 0 Å². The summed E-state index contributed by atoms with van der Waals surface area (Å²) in [5.41, 5.74) is 0.778. The summed E-state index contributed by atoms with van der Waals surface area (Å²) in [6.07, 6.45) is 3.71. The van der Waals surface area contributed by atoms with Gasteiger partial charge in [-0.25, -0.2) is 4.39 Å². The maximum Gasteiger partial charge on any atom is 0.127 e. The molecule has 1 unspecified atom stereocenters. The number of benzene rings is 1. The van der Waals surface area contributed by atoms with E-state index in [4.69, 9.17) is 0 Å². The summed E-state index contributed by atoms with van der Waals surface area (Å²) in [6.45, 7) is 2.20. The lowest BCUT2D eigenvalue weighted by Crippen LogP contribution is -2.27. The molecule has 3 heteroatoms. The fourth-order valence-electron chi connectivity index (χ4n) is 2.40. The van der Waals surface area contributed by atoms with Crippen LogP contribution in [-0.4, -0.2) is 32.1 Å². The van der Waals surface area contributed by atoms with Crippen LogP contribution in [0.3, 0.4) is 0 Å². The maximum absolute atomic E-state index is 13.7. The summed E-state index contributed by atoms with van der Waals surface area (Å²) in [6, 6.07) is 7.15. The zero-order valence-corrected chi connectivity index (χ0v) is 11.3. The molecule has 1 atom stereocenters. The van der Waals surface area contributed by atoms with Gasteiger partial charge in [-0.2, -0.15) is 0 Å². The molecule has 2 nitrogen and oxygen atoms in total. The highest BCUT2D eigenvalue weighted by molar-refractivity contribution is 5.21. The molecule has 1 saturated carbocycles. The van der Waals surface area contributed by atoms with E-state index in [2.05, 4.69) is 17.3 Å². The molecule has 0 aliphatic heterocycles. The molecule has 1 aromatic carbocycles. The molecule has 1 aromatic rings. The second-order valence-electron chi connectivity index (χ2n) is 5.36. The van der Waals surface area contributed by atoms with E-state index < -0.39 is 0 Å². The minimum absolute atomic E-state index is 0.104. The fraction of sp³-hybridized carbons (Fsp3) is 0.600. The number of nitrogens with zero attached hydrogens (tertiary/aromatic N) is 1. The van der Waals surface area contributed by atoms with Gasteiger partial charge in [-0.15, -0.1) is 0 Å². The summed E-state index contributed by atoms with van der Waals surface area (Å²) < 4.78 is 13.7. The largest absolute Gasteiger partial charge is 0.313 e. The van der Waals surface area contributed by atoms with E-state index in [1.165, 1.54) is 25.5 Å². The van der Waals surface area contributed by atoms with Crippen molar-refractivity contribution in [3.8, 4) is 0 Å². The number of hydrogen-bond acceptors (Lipinski definition) is 2. The number of halogens is 1. The van der Waals surface area contributed by atoms with Gasteiger partial charge >= 0.3 is 0 Å². The van der Waals surface area contributed by atoms with E-state index >= 15 is 0 Å². The van der Waals surface area contributed by atoms with Crippen molar-refractivity contribution in [2.24, 2.45) is 5.92 Å². The zero-order chi connectivity index (χ0) is 13.0. The van der Waals surface area contributed by atoms with Gasteiger partial charge in [0, 0.05) is 18.2 Å². The molecule has 2 rings (SSSR count). The van der Waals surface area contributed by atoms with Crippen LogP contribution in [0.25, 0.3) is 0 Å². The van der Waals surface area contributed by atoms with E-state index in [9.17, 15) is 4.39 Å².